The second kappa shape index (κ2) is 19.4. The smallest absolute Gasteiger partial charge is 0.411 e. The summed E-state index contributed by atoms with van der Waals surface area (Å²) in [5.41, 5.74) is 1.32. The molecular formula is C28H39ClFN3O4. The van der Waals surface area contributed by atoms with E-state index in [0.717, 1.165) is 70.8 Å². The number of nitriles is 1. The third-order valence-electron chi connectivity index (χ3n) is 5.70. The number of hydrogen-bond donors (Lipinski definition) is 3. The van der Waals surface area contributed by atoms with Crippen molar-refractivity contribution in [1.29, 1.82) is 5.26 Å². The molecule has 9 heteroatoms. The number of benzene rings is 2. The fourth-order valence-corrected chi connectivity index (χ4v) is 3.75. The Kier molecular flexibility index (Phi) is 17.0. The lowest BCUT2D eigenvalue weighted by molar-refractivity contribution is 0.126. The standard InChI is InChI=1S/C28H38FN3O4.ClH/c1-2-36-28(34)32-27-24(20-30)18-23(19-25(27)29)26(33)21-31-15-9-3-4-10-16-35-17-11-8-14-22-12-6-5-7-13-22;/h5-7,12-13,18-19,26,31,33H,2-4,8-11,14-17,21H2,1H3,(H,32,34);1H. The van der Waals surface area contributed by atoms with E-state index < -0.39 is 18.0 Å². The molecule has 204 valence electrons. The number of carbonyl (C=O) groups is 1. The van der Waals surface area contributed by atoms with Gasteiger partial charge in [-0.2, -0.15) is 5.26 Å². The Bertz CT molecular complexity index is 956. The van der Waals surface area contributed by atoms with E-state index in [1.807, 2.05) is 12.1 Å². The zero-order valence-corrected chi connectivity index (χ0v) is 22.3. The molecule has 0 bridgehead atoms. The van der Waals surface area contributed by atoms with Crippen molar-refractivity contribution in [3.63, 3.8) is 0 Å². The van der Waals surface area contributed by atoms with Gasteiger partial charge in [0.05, 0.1) is 24.0 Å². The van der Waals surface area contributed by atoms with Crippen molar-refractivity contribution >= 4 is 24.2 Å². The molecule has 0 heterocycles. The highest BCUT2D eigenvalue weighted by molar-refractivity contribution is 5.87. The molecule has 0 aliphatic rings. The normalized spacial score (nSPS) is 11.3. The van der Waals surface area contributed by atoms with E-state index in [9.17, 15) is 19.6 Å². The molecule has 0 fully saturated rings. The molecule has 2 aromatic carbocycles. The molecule has 1 atom stereocenters. The number of rotatable bonds is 17. The van der Waals surface area contributed by atoms with E-state index in [2.05, 4.69) is 34.9 Å². The lowest BCUT2D eigenvalue weighted by atomic mass is 10.0. The summed E-state index contributed by atoms with van der Waals surface area (Å²) in [6, 6.07) is 14.8. The number of carbonyl (C=O) groups excluding carboxylic acids is 1. The number of halogens is 2. The van der Waals surface area contributed by atoms with E-state index in [0.29, 0.717) is 0 Å². The third-order valence-corrected chi connectivity index (χ3v) is 5.70. The van der Waals surface area contributed by atoms with Gasteiger partial charge in [0, 0.05) is 19.8 Å². The summed E-state index contributed by atoms with van der Waals surface area (Å²) in [6.45, 7) is 4.31. The molecule has 0 aromatic heterocycles. The third kappa shape index (κ3) is 12.9. The van der Waals surface area contributed by atoms with Crippen LogP contribution in [0, 0.1) is 17.1 Å². The Hall–Kier alpha value is -2.70. The first kappa shape index (κ1) is 32.3. The molecule has 2 rings (SSSR count). The average Bonchev–Trinajstić information content (AvgIpc) is 2.88. The first-order chi connectivity index (χ1) is 17.5. The van der Waals surface area contributed by atoms with Gasteiger partial charge in [-0.3, -0.25) is 5.32 Å². The minimum Gasteiger partial charge on any atom is -0.450 e. The number of amides is 1. The van der Waals surface area contributed by atoms with Gasteiger partial charge < -0.3 is 19.9 Å². The molecule has 7 nitrogen and oxygen atoms in total. The number of nitrogens with zero attached hydrogens (tertiary/aromatic N) is 1. The number of aliphatic hydroxyl groups is 1. The highest BCUT2D eigenvalue weighted by Crippen LogP contribution is 2.25. The van der Waals surface area contributed by atoms with Gasteiger partial charge in [0.2, 0.25) is 0 Å². The Balaban J connectivity index is 0.00000684. The van der Waals surface area contributed by atoms with Crippen LogP contribution in [0.3, 0.4) is 0 Å². The monoisotopic (exact) mass is 535 g/mol. The van der Waals surface area contributed by atoms with Crippen LogP contribution < -0.4 is 10.6 Å². The summed E-state index contributed by atoms with van der Waals surface area (Å²) in [6.07, 6.45) is 5.63. The molecule has 0 radical (unpaired) electrons. The van der Waals surface area contributed by atoms with Crippen LogP contribution in [-0.4, -0.2) is 44.1 Å². The van der Waals surface area contributed by atoms with Gasteiger partial charge in [0.1, 0.15) is 11.9 Å². The highest BCUT2D eigenvalue weighted by Gasteiger charge is 2.17. The molecule has 0 aliphatic carbocycles. The van der Waals surface area contributed by atoms with Crippen LogP contribution in [0.2, 0.25) is 0 Å². The van der Waals surface area contributed by atoms with E-state index in [1.165, 1.54) is 11.6 Å². The van der Waals surface area contributed by atoms with Crippen LogP contribution in [-0.2, 0) is 15.9 Å². The van der Waals surface area contributed by atoms with Gasteiger partial charge in [-0.15, -0.1) is 12.4 Å². The summed E-state index contributed by atoms with van der Waals surface area (Å²) in [5.74, 6) is -0.797. The number of nitrogens with one attached hydrogen (secondary N) is 2. The molecule has 0 saturated heterocycles. The highest BCUT2D eigenvalue weighted by atomic mass is 35.5. The number of aryl methyl sites for hydroxylation is 1. The van der Waals surface area contributed by atoms with Crippen LogP contribution in [0.25, 0.3) is 0 Å². The van der Waals surface area contributed by atoms with E-state index >= 15 is 0 Å². The fraction of sp³-hybridized carbons (Fsp3) is 0.500. The largest absolute Gasteiger partial charge is 0.450 e. The molecule has 0 aliphatic heterocycles. The van der Waals surface area contributed by atoms with Gasteiger partial charge in [-0.05, 0) is 68.8 Å². The molecule has 3 N–H and O–H groups in total. The van der Waals surface area contributed by atoms with Crippen molar-refractivity contribution in [1.82, 2.24) is 5.32 Å². The SMILES string of the molecule is CCOC(=O)Nc1c(F)cc(C(O)CNCCCCCCOCCCCc2ccccc2)cc1C#N.Cl. The first-order valence-electron chi connectivity index (χ1n) is 12.7. The molecule has 37 heavy (non-hydrogen) atoms. The van der Waals surface area contributed by atoms with Gasteiger partial charge in [0.15, 0.2) is 0 Å². The second-order valence-electron chi connectivity index (χ2n) is 8.57. The zero-order valence-electron chi connectivity index (χ0n) is 21.5. The number of ether oxygens (including phenoxy) is 2. The Morgan fingerprint density at radius 1 is 1.08 bits per heavy atom. The Labute approximate surface area is 225 Å². The van der Waals surface area contributed by atoms with Crippen molar-refractivity contribution < 1.29 is 23.8 Å². The second-order valence-corrected chi connectivity index (χ2v) is 8.57. The van der Waals surface area contributed by atoms with Crippen LogP contribution >= 0.6 is 12.4 Å². The van der Waals surface area contributed by atoms with Gasteiger partial charge in [-0.1, -0.05) is 43.2 Å². The first-order valence-corrected chi connectivity index (χ1v) is 12.7. The van der Waals surface area contributed by atoms with Crippen molar-refractivity contribution in [2.75, 3.05) is 38.2 Å². The number of hydrogen-bond acceptors (Lipinski definition) is 6. The van der Waals surface area contributed by atoms with Crippen molar-refractivity contribution in [2.45, 2.75) is 58.0 Å². The zero-order chi connectivity index (χ0) is 26.0. The molecule has 1 amide bonds. The van der Waals surface area contributed by atoms with Crippen molar-refractivity contribution in [2.24, 2.45) is 0 Å². The van der Waals surface area contributed by atoms with Crippen molar-refractivity contribution in [3.05, 3.63) is 65.0 Å². The topological polar surface area (TPSA) is 104 Å². The number of anilines is 1. The van der Waals surface area contributed by atoms with Crippen LogP contribution in [0.15, 0.2) is 42.5 Å². The molecule has 0 saturated carbocycles. The Morgan fingerprint density at radius 2 is 1.78 bits per heavy atom. The summed E-state index contributed by atoms with van der Waals surface area (Å²) in [5, 5.41) is 25.1. The molecule has 0 spiro atoms. The quantitative estimate of drug-likeness (QED) is 0.217. The van der Waals surface area contributed by atoms with Crippen LogP contribution in [0.1, 0.15) is 68.2 Å². The summed E-state index contributed by atoms with van der Waals surface area (Å²) in [4.78, 5) is 11.6. The maximum absolute atomic E-state index is 14.4. The maximum atomic E-state index is 14.4. The minimum atomic E-state index is -0.974. The van der Waals surface area contributed by atoms with Gasteiger partial charge in [0.25, 0.3) is 0 Å². The van der Waals surface area contributed by atoms with E-state index in [-0.39, 0.29) is 42.4 Å². The van der Waals surface area contributed by atoms with E-state index in [1.54, 1.807) is 6.92 Å². The van der Waals surface area contributed by atoms with E-state index in [4.69, 9.17) is 9.47 Å². The number of unbranched alkanes of at least 4 members (excludes halogenated alkanes) is 4. The van der Waals surface area contributed by atoms with Crippen LogP contribution in [0.4, 0.5) is 14.9 Å². The fourth-order valence-electron chi connectivity index (χ4n) is 3.75. The van der Waals surface area contributed by atoms with Gasteiger partial charge in [-0.25, -0.2) is 9.18 Å². The minimum absolute atomic E-state index is 0. The van der Waals surface area contributed by atoms with Crippen molar-refractivity contribution in [3.8, 4) is 6.07 Å². The predicted octanol–water partition coefficient (Wildman–Crippen LogP) is 5.91. The molecular weight excluding hydrogens is 497 g/mol. The van der Waals surface area contributed by atoms with Gasteiger partial charge >= 0.3 is 6.09 Å². The molecule has 1 unspecified atom stereocenters. The average molecular weight is 536 g/mol. The number of aliphatic hydroxyl groups excluding tert-OH is 1. The van der Waals surface area contributed by atoms with Crippen LogP contribution in [0.5, 0.6) is 0 Å². The summed E-state index contributed by atoms with van der Waals surface area (Å²) < 4.78 is 24.9. The molecule has 2 aromatic rings. The summed E-state index contributed by atoms with van der Waals surface area (Å²) in [7, 11) is 0. The lowest BCUT2D eigenvalue weighted by Crippen LogP contribution is -2.23. The maximum Gasteiger partial charge on any atom is 0.411 e. The predicted molar refractivity (Wildman–Crippen MR) is 146 cm³/mol. The lowest BCUT2D eigenvalue weighted by Gasteiger charge is -2.15. The summed E-state index contributed by atoms with van der Waals surface area (Å²) >= 11 is 0. The Morgan fingerprint density at radius 3 is 2.49 bits per heavy atom.